The SMILES string of the molecule is CC[C@@H](C)NC(=O)[C@@H](C)N(CCc1ccccc1)C(=O)CCSc1ccc(Cl)cc1. The second-order valence-electron chi connectivity index (χ2n) is 7.37. The molecular formula is C24H31ClN2O2S. The van der Waals surface area contributed by atoms with E-state index in [0.717, 1.165) is 23.3 Å². The Morgan fingerprint density at radius 3 is 2.37 bits per heavy atom. The average Bonchev–Trinajstić information content (AvgIpc) is 2.75. The van der Waals surface area contributed by atoms with Crippen LogP contribution in [0.5, 0.6) is 0 Å². The van der Waals surface area contributed by atoms with Crippen LogP contribution in [0.1, 0.15) is 39.2 Å². The number of thioether (sulfide) groups is 1. The summed E-state index contributed by atoms with van der Waals surface area (Å²) in [5, 5.41) is 3.70. The van der Waals surface area contributed by atoms with Gasteiger partial charge in [-0.3, -0.25) is 9.59 Å². The van der Waals surface area contributed by atoms with Crippen molar-refractivity contribution in [2.45, 2.75) is 57.0 Å². The Kier molecular flexibility index (Phi) is 10.2. The second kappa shape index (κ2) is 12.7. The van der Waals surface area contributed by atoms with Gasteiger partial charge >= 0.3 is 0 Å². The first kappa shape index (κ1) is 24.3. The molecule has 0 heterocycles. The summed E-state index contributed by atoms with van der Waals surface area (Å²) in [6.07, 6.45) is 1.95. The van der Waals surface area contributed by atoms with Crippen molar-refractivity contribution in [3.8, 4) is 0 Å². The molecule has 2 amide bonds. The van der Waals surface area contributed by atoms with E-state index in [0.29, 0.717) is 23.7 Å². The van der Waals surface area contributed by atoms with Crippen molar-refractivity contribution in [1.29, 1.82) is 0 Å². The van der Waals surface area contributed by atoms with E-state index < -0.39 is 6.04 Å². The lowest BCUT2D eigenvalue weighted by molar-refractivity contribution is -0.139. The summed E-state index contributed by atoms with van der Waals surface area (Å²) in [5.41, 5.74) is 1.15. The van der Waals surface area contributed by atoms with Crippen molar-refractivity contribution >= 4 is 35.2 Å². The molecule has 0 saturated carbocycles. The summed E-state index contributed by atoms with van der Waals surface area (Å²) in [5.74, 6) is 0.553. The molecule has 0 saturated heterocycles. The van der Waals surface area contributed by atoms with E-state index in [1.807, 2.05) is 75.4 Å². The van der Waals surface area contributed by atoms with Gasteiger partial charge in [-0.2, -0.15) is 0 Å². The molecule has 1 N–H and O–H groups in total. The van der Waals surface area contributed by atoms with E-state index in [-0.39, 0.29) is 17.9 Å². The second-order valence-corrected chi connectivity index (χ2v) is 8.97. The molecule has 0 aliphatic rings. The van der Waals surface area contributed by atoms with Gasteiger partial charge in [0.15, 0.2) is 0 Å². The first-order valence-electron chi connectivity index (χ1n) is 10.4. The van der Waals surface area contributed by atoms with Gasteiger partial charge in [0.1, 0.15) is 6.04 Å². The third-order valence-corrected chi connectivity index (χ3v) is 6.32. The topological polar surface area (TPSA) is 49.4 Å². The minimum Gasteiger partial charge on any atom is -0.352 e. The van der Waals surface area contributed by atoms with Gasteiger partial charge in [0.05, 0.1) is 0 Å². The zero-order valence-corrected chi connectivity index (χ0v) is 19.5. The molecule has 2 atom stereocenters. The normalized spacial score (nSPS) is 12.8. The summed E-state index contributed by atoms with van der Waals surface area (Å²) >= 11 is 7.54. The fourth-order valence-electron chi connectivity index (χ4n) is 2.97. The Labute approximate surface area is 189 Å². The van der Waals surface area contributed by atoms with Gasteiger partial charge in [0, 0.05) is 34.7 Å². The maximum atomic E-state index is 13.0. The fraction of sp³-hybridized carbons (Fsp3) is 0.417. The molecule has 2 aromatic rings. The van der Waals surface area contributed by atoms with Gasteiger partial charge < -0.3 is 10.2 Å². The highest BCUT2D eigenvalue weighted by atomic mass is 35.5. The first-order chi connectivity index (χ1) is 14.4. The van der Waals surface area contributed by atoms with E-state index in [1.54, 1.807) is 16.7 Å². The van der Waals surface area contributed by atoms with Crippen LogP contribution in [0.15, 0.2) is 59.5 Å². The van der Waals surface area contributed by atoms with Gasteiger partial charge in [0.25, 0.3) is 0 Å². The largest absolute Gasteiger partial charge is 0.352 e. The molecule has 0 fully saturated rings. The molecule has 0 spiro atoms. The summed E-state index contributed by atoms with van der Waals surface area (Å²) in [4.78, 5) is 28.5. The number of hydrogen-bond donors (Lipinski definition) is 1. The molecule has 2 rings (SSSR count). The van der Waals surface area contributed by atoms with Crippen LogP contribution in [0.25, 0.3) is 0 Å². The van der Waals surface area contributed by atoms with Crippen LogP contribution in [-0.2, 0) is 16.0 Å². The molecule has 0 aliphatic carbocycles. The Morgan fingerprint density at radius 2 is 1.73 bits per heavy atom. The third kappa shape index (κ3) is 8.04. The summed E-state index contributed by atoms with van der Waals surface area (Å²) in [6, 6.07) is 17.2. The highest BCUT2D eigenvalue weighted by Crippen LogP contribution is 2.21. The van der Waals surface area contributed by atoms with Crippen LogP contribution in [0.3, 0.4) is 0 Å². The molecule has 0 bridgehead atoms. The van der Waals surface area contributed by atoms with Gasteiger partial charge in [-0.05, 0) is 56.5 Å². The van der Waals surface area contributed by atoms with Gasteiger partial charge in [-0.1, -0.05) is 48.9 Å². The molecule has 4 nitrogen and oxygen atoms in total. The van der Waals surface area contributed by atoms with Crippen LogP contribution in [0.4, 0.5) is 0 Å². The summed E-state index contributed by atoms with van der Waals surface area (Å²) in [7, 11) is 0. The number of rotatable bonds is 11. The molecule has 30 heavy (non-hydrogen) atoms. The zero-order valence-electron chi connectivity index (χ0n) is 17.9. The molecule has 0 unspecified atom stereocenters. The standard InChI is InChI=1S/C24H31ClN2O2S/c1-4-18(2)26-24(29)19(3)27(16-14-20-8-6-5-7-9-20)23(28)15-17-30-22-12-10-21(25)11-13-22/h5-13,18-19H,4,14-17H2,1-3H3,(H,26,29)/t18-,19-/m1/s1. The van der Waals surface area contributed by atoms with Crippen LogP contribution in [0.2, 0.25) is 5.02 Å². The lowest BCUT2D eigenvalue weighted by Crippen LogP contribution is -2.50. The molecule has 0 aromatic heterocycles. The lowest BCUT2D eigenvalue weighted by atomic mass is 10.1. The average molecular weight is 447 g/mol. The van der Waals surface area contributed by atoms with Crippen molar-refractivity contribution in [3.05, 3.63) is 65.2 Å². The van der Waals surface area contributed by atoms with Gasteiger partial charge in [-0.25, -0.2) is 0 Å². The maximum Gasteiger partial charge on any atom is 0.242 e. The van der Waals surface area contributed by atoms with E-state index in [9.17, 15) is 9.59 Å². The third-order valence-electron chi connectivity index (χ3n) is 5.05. The Bertz CT molecular complexity index is 799. The Balaban J connectivity index is 1.99. The summed E-state index contributed by atoms with van der Waals surface area (Å²) < 4.78 is 0. The highest BCUT2D eigenvalue weighted by molar-refractivity contribution is 7.99. The quantitative estimate of drug-likeness (QED) is 0.483. The zero-order chi connectivity index (χ0) is 21.9. The smallest absolute Gasteiger partial charge is 0.242 e. The van der Waals surface area contributed by atoms with E-state index >= 15 is 0 Å². The Morgan fingerprint density at radius 1 is 1.07 bits per heavy atom. The molecule has 0 aliphatic heterocycles. The predicted molar refractivity (Wildman–Crippen MR) is 126 cm³/mol. The summed E-state index contributed by atoms with van der Waals surface area (Å²) in [6.45, 7) is 6.34. The minimum absolute atomic E-state index is 0.000744. The maximum absolute atomic E-state index is 13.0. The van der Waals surface area contributed by atoms with Crippen molar-refractivity contribution in [2.24, 2.45) is 0 Å². The van der Waals surface area contributed by atoms with Crippen molar-refractivity contribution in [3.63, 3.8) is 0 Å². The van der Waals surface area contributed by atoms with Crippen molar-refractivity contribution < 1.29 is 9.59 Å². The number of amides is 2. The number of nitrogens with one attached hydrogen (secondary N) is 1. The van der Waals surface area contributed by atoms with E-state index in [1.165, 1.54) is 0 Å². The van der Waals surface area contributed by atoms with Crippen LogP contribution in [0, 0.1) is 0 Å². The number of benzene rings is 2. The number of nitrogens with zero attached hydrogens (tertiary/aromatic N) is 1. The Hall–Kier alpha value is -1.98. The predicted octanol–water partition coefficient (Wildman–Crippen LogP) is 5.20. The van der Waals surface area contributed by atoms with Crippen molar-refractivity contribution in [1.82, 2.24) is 10.2 Å². The monoisotopic (exact) mass is 446 g/mol. The fourth-order valence-corrected chi connectivity index (χ4v) is 3.93. The first-order valence-corrected chi connectivity index (χ1v) is 11.8. The van der Waals surface area contributed by atoms with Crippen LogP contribution < -0.4 is 5.32 Å². The number of carbonyl (C=O) groups is 2. The number of hydrogen-bond acceptors (Lipinski definition) is 3. The number of carbonyl (C=O) groups excluding carboxylic acids is 2. The molecular weight excluding hydrogens is 416 g/mol. The molecule has 0 radical (unpaired) electrons. The van der Waals surface area contributed by atoms with Gasteiger partial charge in [-0.15, -0.1) is 11.8 Å². The number of halogens is 1. The molecule has 2 aromatic carbocycles. The molecule has 6 heteroatoms. The van der Waals surface area contributed by atoms with Crippen LogP contribution >= 0.6 is 23.4 Å². The minimum atomic E-state index is -0.504. The highest BCUT2D eigenvalue weighted by Gasteiger charge is 2.26. The van der Waals surface area contributed by atoms with E-state index in [2.05, 4.69) is 5.32 Å². The van der Waals surface area contributed by atoms with Crippen LogP contribution in [-0.4, -0.2) is 41.1 Å². The van der Waals surface area contributed by atoms with Gasteiger partial charge in [0.2, 0.25) is 11.8 Å². The van der Waals surface area contributed by atoms with Crippen molar-refractivity contribution in [2.75, 3.05) is 12.3 Å². The lowest BCUT2D eigenvalue weighted by Gasteiger charge is -2.29. The molecule has 162 valence electrons. The van der Waals surface area contributed by atoms with E-state index in [4.69, 9.17) is 11.6 Å².